The number of halogens is 1. The third-order valence-electron chi connectivity index (χ3n) is 3.76. The zero-order valence-corrected chi connectivity index (χ0v) is 18.2. The van der Waals surface area contributed by atoms with Crippen LogP contribution in [0.5, 0.6) is 0 Å². The second kappa shape index (κ2) is 11.5. The fourth-order valence-electron chi connectivity index (χ4n) is 2.40. The molecule has 0 saturated carbocycles. The van der Waals surface area contributed by atoms with Crippen molar-refractivity contribution in [3.05, 3.63) is 33.4 Å². The minimum absolute atomic E-state index is 0.0759. The van der Waals surface area contributed by atoms with E-state index >= 15 is 0 Å². The van der Waals surface area contributed by atoms with Crippen LogP contribution in [0.1, 0.15) is 58.4 Å². The van der Waals surface area contributed by atoms with Gasteiger partial charge in [0.1, 0.15) is 11.6 Å². The molecule has 1 amide bonds. The molecule has 0 spiro atoms. The lowest BCUT2D eigenvalue weighted by molar-refractivity contribution is -0.156. The number of carbonyl (C=O) groups is 2. The zero-order chi connectivity index (χ0) is 19.6. The van der Waals surface area contributed by atoms with Crippen LogP contribution in [0.15, 0.2) is 24.3 Å². The maximum Gasteiger partial charge on any atom is 0.323 e. The molecule has 1 atom stereocenters. The largest absolute Gasteiger partial charge is 0.459 e. The molecule has 26 heavy (non-hydrogen) atoms. The van der Waals surface area contributed by atoms with Gasteiger partial charge in [-0.3, -0.25) is 9.59 Å². The molecule has 0 aliphatic rings. The Hall–Kier alpha value is -1.15. The monoisotopic (exact) mass is 474 g/mol. The van der Waals surface area contributed by atoms with E-state index in [-0.39, 0.29) is 11.9 Å². The van der Waals surface area contributed by atoms with Crippen molar-refractivity contribution >= 4 is 34.5 Å². The first-order valence-electron chi connectivity index (χ1n) is 9.17. The first kappa shape index (κ1) is 22.9. The summed E-state index contributed by atoms with van der Waals surface area (Å²) in [5.41, 5.74) is 6.58. The number of hydrogen-bond donors (Lipinski definition) is 2. The minimum atomic E-state index is -0.598. The van der Waals surface area contributed by atoms with Crippen LogP contribution in [0.25, 0.3) is 0 Å². The van der Waals surface area contributed by atoms with Crippen molar-refractivity contribution in [3.8, 4) is 0 Å². The van der Waals surface area contributed by atoms with E-state index in [1.807, 2.05) is 20.8 Å². The van der Waals surface area contributed by atoms with Gasteiger partial charge in [0.05, 0.1) is 0 Å². The van der Waals surface area contributed by atoms with E-state index in [2.05, 4.69) is 52.2 Å². The summed E-state index contributed by atoms with van der Waals surface area (Å²) in [6.07, 6.45) is 4.44. The zero-order valence-electron chi connectivity index (χ0n) is 16.0. The number of carbonyl (C=O) groups excluding carboxylic acids is 2. The van der Waals surface area contributed by atoms with E-state index in [1.165, 1.54) is 9.13 Å². The van der Waals surface area contributed by atoms with Gasteiger partial charge in [-0.05, 0) is 93.2 Å². The summed E-state index contributed by atoms with van der Waals surface area (Å²) in [5, 5.41) is 2.92. The Kier molecular flexibility index (Phi) is 10.2. The number of benzene rings is 1. The molecule has 0 heterocycles. The van der Waals surface area contributed by atoms with E-state index in [9.17, 15) is 9.59 Å². The second-order valence-electron chi connectivity index (χ2n) is 7.47. The van der Waals surface area contributed by atoms with Gasteiger partial charge < -0.3 is 15.8 Å². The van der Waals surface area contributed by atoms with Crippen LogP contribution < -0.4 is 11.1 Å². The molecule has 3 N–H and O–H groups in total. The lowest BCUT2D eigenvalue weighted by Crippen LogP contribution is -2.37. The maximum atomic E-state index is 11.8. The van der Waals surface area contributed by atoms with E-state index in [4.69, 9.17) is 10.5 Å². The lowest BCUT2D eigenvalue weighted by Gasteiger charge is -2.22. The van der Waals surface area contributed by atoms with E-state index in [0.717, 1.165) is 25.7 Å². The average Bonchev–Trinajstić information content (AvgIpc) is 2.54. The van der Waals surface area contributed by atoms with Crippen LogP contribution in [0.4, 0.5) is 0 Å². The highest BCUT2D eigenvalue weighted by Crippen LogP contribution is 2.11. The number of nitrogens with one attached hydrogen (secondary N) is 1. The van der Waals surface area contributed by atoms with Crippen molar-refractivity contribution in [2.45, 2.75) is 70.9 Å². The molecular weight excluding hydrogens is 443 g/mol. The Morgan fingerprint density at radius 3 is 2.42 bits per heavy atom. The van der Waals surface area contributed by atoms with Crippen molar-refractivity contribution in [1.29, 1.82) is 0 Å². The van der Waals surface area contributed by atoms with E-state index in [0.29, 0.717) is 19.4 Å². The summed E-state index contributed by atoms with van der Waals surface area (Å²) >= 11 is 2.28. The van der Waals surface area contributed by atoms with Gasteiger partial charge in [0.25, 0.3) is 0 Å². The highest BCUT2D eigenvalue weighted by molar-refractivity contribution is 14.1. The Labute approximate surface area is 170 Å². The van der Waals surface area contributed by atoms with Crippen molar-refractivity contribution in [1.82, 2.24) is 5.32 Å². The Morgan fingerprint density at radius 1 is 1.15 bits per heavy atom. The standard InChI is InChI=1S/C20H31IN2O3/c1-20(2,3)26-19(25)17(22)8-4-5-14-23-18(24)9-6-7-15-10-12-16(21)13-11-15/h10-13,17H,4-9,14,22H2,1-3H3,(H,23,24)/t17-/m0/s1. The fourth-order valence-corrected chi connectivity index (χ4v) is 2.76. The molecule has 1 rings (SSSR count). The summed E-state index contributed by atoms with van der Waals surface area (Å²) in [6, 6.07) is 7.77. The third kappa shape index (κ3) is 10.8. The highest BCUT2D eigenvalue weighted by Gasteiger charge is 2.21. The molecule has 0 aliphatic carbocycles. The maximum absolute atomic E-state index is 11.8. The van der Waals surface area contributed by atoms with Crippen LogP contribution in [0.3, 0.4) is 0 Å². The number of hydrogen-bond acceptors (Lipinski definition) is 4. The lowest BCUT2D eigenvalue weighted by atomic mass is 10.1. The fraction of sp³-hybridized carbons (Fsp3) is 0.600. The molecule has 6 heteroatoms. The molecule has 0 saturated heterocycles. The molecule has 0 radical (unpaired) electrons. The number of rotatable bonds is 10. The SMILES string of the molecule is CC(C)(C)OC(=O)[C@@H](N)CCCCNC(=O)CCCc1ccc(I)cc1. The molecule has 1 aromatic rings. The van der Waals surface area contributed by atoms with E-state index < -0.39 is 11.6 Å². The average molecular weight is 474 g/mol. The molecule has 1 aromatic carbocycles. The van der Waals surface area contributed by atoms with Crippen LogP contribution in [0, 0.1) is 3.57 Å². The van der Waals surface area contributed by atoms with Gasteiger partial charge in [-0.1, -0.05) is 12.1 Å². The topological polar surface area (TPSA) is 81.4 Å². The molecule has 0 fully saturated rings. The van der Waals surface area contributed by atoms with Gasteiger partial charge in [0.15, 0.2) is 0 Å². The smallest absolute Gasteiger partial charge is 0.323 e. The predicted molar refractivity (Wildman–Crippen MR) is 113 cm³/mol. The van der Waals surface area contributed by atoms with Crippen molar-refractivity contribution in [2.24, 2.45) is 5.73 Å². The Morgan fingerprint density at radius 2 is 1.81 bits per heavy atom. The summed E-state index contributed by atoms with van der Waals surface area (Å²) in [5.74, 6) is -0.288. The first-order chi connectivity index (χ1) is 12.2. The molecular formula is C20H31IN2O3. The van der Waals surface area contributed by atoms with Crippen molar-refractivity contribution in [3.63, 3.8) is 0 Å². The van der Waals surface area contributed by atoms with Crippen LogP contribution in [0.2, 0.25) is 0 Å². The summed E-state index contributed by atoms with van der Waals surface area (Å²) < 4.78 is 6.47. The van der Waals surface area contributed by atoms with Crippen LogP contribution >= 0.6 is 22.6 Å². The molecule has 146 valence electrons. The summed E-state index contributed by atoms with van der Waals surface area (Å²) in [6.45, 7) is 6.09. The number of aryl methyl sites for hydroxylation is 1. The van der Waals surface area contributed by atoms with Gasteiger partial charge in [0.2, 0.25) is 5.91 Å². The van der Waals surface area contributed by atoms with Gasteiger partial charge in [0, 0.05) is 16.5 Å². The minimum Gasteiger partial charge on any atom is -0.459 e. The molecule has 5 nitrogen and oxygen atoms in total. The van der Waals surface area contributed by atoms with Gasteiger partial charge >= 0.3 is 5.97 Å². The summed E-state index contributed by atoms with van der Waals surface area (Å²) in [4.78, 5) is 23.6. The molecule has 0 aliphatic heterocycles. The number of amides is 1. The first-order valence-corrected chi connectivity index (χ1v) is 10.2. The van der Waals surface area contributed by atoms with E-state index in [1.54, 1.807) is 0 Å². The quantitative estimate of drug-likeness (QED) is 0.309. The van der Waals surface area contributed by atoms with Crippen LogP contribution in [-0.4, -0.2) is 30.1 Å². The van der Waals surface area contributed by atoms with Crippen molar-refractivity contribution in [2.75, 3.05) is 6.54 Å². The highest BCUT2D eigenvalue weighted by atomic mass is 127. The molecule has 0 unspecified atom stereocenters. The normalized spacial score (nSPS) is 12.5. The number of esters is 1. The number of unbranched alkanes of at least 4 members (excludes halogenated alkanes) is 1. The van der Waals surface area contributed by atoms with Gasteiger partial charge in [-0.2, -0.15) is 0 Å². The number of nitrogens with two attached hydrogens (primary N) is 1. The molecule has 0 aromatic heterocycles. The summed E-state index contributed by atoms with van der Waals surface area (Å²) in [7, 11) is 0. The Bertz CT molecular complexity index is 567. The van der Waals surface area contributed by atoms with Crippen molar-refractivity contribution < 1.29 is 14.3 Å². The second-order valence-corrected chi connectivity index (χ2v) is 8.71. The molecule has 0 bridgehead atoms. The predicted octanol–water partition coefficient (Wildman–Crippen LogP) is 3.57. The number of ether oxygens (including phenoxy) is 1. The Balaban J connectivity index is 2.07. The van der Waals surface area contributed by atoms with Gasteiger partial charge in [-0.25, -0.2) is 0 Å². The van der Waals surface area contributed by atoms with Gasteiger partial charge in [-0.15, -0.1) is 0 Å². The van der Waals surface area contributed by atoms with Crippen LogP contribution in [-0.2, 0) is 20.7 Å². The third-order valence-corrected chi connectivity index (χ3v) is 4.48.